The van der Waals surface area contributed by atoms with Gasteiger partial charge in [-0.05, 0) is 37.0 Å². The number of nitrogens with zero attached hydrogens (tertiary/aromatic N) is 2. The maximum atomic E-state index is 9.95. The Morgan fingerprint density at radius 2 is 2.20 bits per heavy atom. The fourth-order valence-electron chi connectivity index (χ4n) is 2.86. The van der Waals surface area contributed by atoms with Gasteiger partial charge in [-0.15, -0.1) is 0 Å². The number of hydrogen-bond acceptors (Lipinski definition) is 4. The van der Waals surface area contributed by atoms with Gasteiger partial charge in [0.05, 0.1) is 5.56 Å². The Kier molecular flexibility index (Phi) is 3.78. The van der Waals surface area contributed by atoms with Crippen LogP contribution in [0.15, 0.2) is 27.2 Å². The van der Waals surface area contributed by atoms with E-state index in [9.17, 15) is 5.11 Å². The van der Waals surface area contributed by atoms with Crippen LogP contribution in [-0.4, -0.2) is 15.2 Å². The van der Waals surface area contributed by atoms with E-state index in [-0.39, 0.29) is 5.75 Å². The van der Waals surface area contributed by atoms with E-state index in [4.69, 9.17) is 4.52 Å². The highest BCUT2D eigenvalue weighted by Gasteiger charge is 2.25. The molecular formula is C15H17BrN2O2. The molecule has 1 heterocycles. The molecule has 2 unspecified atom stereocenters. The predicted octanol–water partition coefficient (Wildman–Crippen LogP) is 4.50. The standard InChI is InChI=1S/C15H17BrN2O2/c1-9-3-2-4-10(7-9)14-17-15(20-18-14)12-6-5-11(16)8-13(12)19/h5-6,8-10,19H,2-4,7H2,1H3. The van der Waals surface area contributed by atoms with Gasteiger partial charge >= 0.3 is 0 Å². The number of benzene rings is 1. The molecule has 2 atom stereocenters. The summed E-state index contributed by atoms with van der Waals surface area (Å²) in [5, 5.41) is 14.1. The molecule has 0 bridgehead atoms. The van der Waals surface area contributed by atoms with Gasteiger partial charge in [0.1, 0.15) is 5.75 Å². The molecule has 3 rings (SSSR count). The van der Waals surface area contributed by atoms with Crippen molar-refractivity contribution in [3.63, 3.8) is 0 Å². The van der Waals surface area contributed by atoms with Crippen LogP contribution in [0.1, 0.15) is 44.3 Å². The van der Waals surface area contributed by atoms with Crippen molar-refractivity contribution < 1.29 is 9.63 Å². The lowest BCUT2D eigenvalue weighted by Crippen LogP contribution is -2.12. The first-order valence-corrected chi connectivity index (χ1v) is 7.75. The zero-order chi connectivity index (χ0) is 14.1. The summed E-state index contributed by atoms with van der Waals surface area (Å²) in [6, 6.07) is 5.25. The molecule has 0 spiro atoms. The van der Waals surface area contributed by atoms with Crippen molar-refractivity contribution in [1.29, 1.82) is 0 Å². The third-order valence-corrected chi connectivity index (χ3v) is 4.43. The summed E-state index contributed by atoms with van der Waals surface area (Å²) in [5.41, 5.74) is 0.579. The van der Waals surface area contributed by atoms with Gasteiger partial charge in [0, 0.05) is 10.4 Å². The average molecular weight is 337 g/mol. The van der Waals surface area contributed by atoms with E-state index in [0.29, 0.717) is 17.4 Å². The SMILES string of the molecule is CC1CCCC(c2noc(-c3ccc(Br)cc3O)n2)C1. The van der Waals surface area contributed by atoms with E-state index in [1.807, 2.05) is 6.07 Å². The molecular weight excluding hydrogens is 320 g/mol. The Balaban J connectivity index is 1.86. The van der Waals surface area contributed by atoms with Crippen LogP contribution in [-0.2, 0) is 0 Å². The topological polar surface area (TPSA) is 59.2 Å². The second kappa shape index (κ2) is 5.56. The molecule has 1 N–H and O–H groups in total. The maximum Gasteiger partial charge on any atom is 0.261 e. The summed E-state index contributed by atoms with van der Waals surface area (Å²) in [5.74, 6) is 2.41. The summed E-state index contributed by atoms with van der Waals surface area (Å²) in [7, 11) is 0. The lowest BCUT2D eigenvalue weighted by molar-refractivity contribution is 0.324. The Morgan fingerprint density at radius 1 is 1.35 bits per heavy atom. The highest BCUT2D eigenvalue weighted by atomic mass is 79.9. The van der Waals surface area contributed by atoms with Crippen molar-refractivity contribution in [2.45, 2.75) is 38.5 Å². The zero-order valence-corrected chi connectivity index (χ0v) is 12.9. The number of rotatable bonds is 2. The van der Waals surface area contributed by atoms with Crippen molar-refractivity contribution in [2.75, 3.05) is 0 Å². The van der Waals surface area contributed by atoms with Crippen molar-refractivity contribution in [3.8, 4) is 17.2 Å². The number of aromatic nitrogens is 2. The smallest absolute Gasteiger partial charge is 0.261 e. The number of hydrogen-bond donors (Lipinski definition) is 1. The van der Waals surface area contributed by atoms with Crippen LogP contribution in [0.5, 0.6) is 5.75 Å². The van der Waals surface area contributed by atoms with E-state index >= 15 is 0 Å². The molecule has 1 fully saturated rings. The van der Waals surface area contributed by atoms with Crippen LogP contribution < -0.4 is 0 Å². The van der Waals surface area contributed by atoms with Gasteiger partial charge in [-0.1, -0.05) is 40.9 Å². The normalized spacial score (nSPS) is 22.9. The second-order valence-electron chi connectivity index (χ2n) is 5.59. The van der Waals surface area contributed by atoms with Gasteiger partial charge in [-0.25, -0.2) is 0 Å². The maximum absolute atomic E-state index is 9.95. The summed E-state index contributed by atoms with van der Waals surface area (Å²) in [4.78, 5) is 4.48. The average Bonchev–Trinajstić information content (AvgIpc) is 2.88. The Hall–Kier alpha value is -1.36. The molecule has 2 aromatic rings. The van der Waals surface area contributed by atoms with Gasteiger partial charge in [-0.3, -0.25) is 0 Å². The minimum Gasteiger partial charge on any atom is -0.507 e. The molecule has 0 amide bonds. The summed E-state index contributed by atoms with van der Waals surface area (Å²) < 4.78 is 6.14. The monoisotopic (exact) mass is 336 g/mol. The van der Waals surface area contributed by atoms with E-state index in [1.165, 1.54) is 12.8 Å². The minimum absolute atomic E-state index is 0.145. The largest absolute Gasteiger partial charge is 0.507 e. The molecule has 0 saturated heterocycles. The molecule has 1 aromatic carbocycles. The van der Waals surface area contributed by atoms with E-state index < -0.39 is 0 Å². The first-order valence-electron chi connectivity index (χ1n) is 6.96. The lowest BCUT2D eigenvalue weighted by atomic mass is 9.82. The number of phenolic OH excluding ortho intramolecular Hbond substituents is 1. The first kappa shape index (κ1) is 13.6. The van der Waals surface area contributed by atoms with Crippen LogP contribution >= 0.6 is 15.9 Å². The Labute approximate surface area is 126 Å². The van der Waals surface area contributed by atoms with Crippen molar-refractivity contribution in [1.82, 2.24) is 10.1 Å². The van der Waals surface area contributed by atoms with Crippen molar-refractivity contribution in [2.24, 2.45) is 5.92 Å². The van der Waals surface area contributed by atoms with Crippen molar-refractivity contribution >= 4 is 15.9 Å². The minimum atomic E-state index is 0.145. The molecule has 106 valence electrons. The van der Waals surface area contributed by atoms with Crippen LogP contribution in [0.4, 0.5) is 0 Å². The summed E-state index contributed by atoms with van der Waals surface area (Å²) in [6.07, 6.45) is 4.74. The van der Waals surface area contributed by atoms with Crippen LogP contribution in [0, 0.1) is 5.92 Å². The molecule has 1 saturated carbocycles. The summed E-state index contributed by atoms with van der Waals surface area (Å²) >= 11 is 3.32. The van der Waals surface area contributed by atoms with Crippen molar-refractivity contribution in [3.05, 3.63) is 28.5 Å². The lowest BCUT2D eigenvalue weighted by Gasteiger charge is -2.23. The van der Waals surface area contributed by atoms with Gasteiger partial charge in [-0.2, -0.15) is 4.98 Å². The fraction of sp³-hybridized carbons (Fsp3) is 0.467. The van der Waals surface area contributed by atoms with Gasteiger partial charge < -0.3 is 9.63 Å². The van der Waals surface area contributed by atoms with Gasteiger partial charge in [0.25, 0.3) is 5.89 Å². The van der Waals surface area contributed by atoms with E-state index in [1.54, 1.807) is 12.1 Å². The van der Waals surface area contributed by atoms with E-state index in [2.05, 4.69) is 33.0 Å². The first-order chi connectivity index (χ1) is 9.63. The highest BCUT2D eigenvalue weighted by Crippen LogP contribution is 2.36. The number of halogens is 1. The van der Waals surface area contributed by atoms with Gasteiger partial charge in [0.2, 0.25) is 0 Å². The molecule has 0 radical (unpaired) electrons. The molecule has 1 aliphatic carbocycles. The third-order valence-electron chi connectivity index (χ3n) is 3.93. The molecule has 0 aliphatic heterocycles. The molecule has 4 nitrogen and oxygen atoms in total. The third kappa shape index (κ3) is 2.73. The molecule has 5 heteroatoms. The molecule has 1 aromatic heterocycles. The Morgan fingerprint density at radius 3 is 2.95 bits per heavy atom. The van der Waals surface area contributed by atoms with Gasteiger partial charge in [0.15, 0.2) is 5.82 Å². The van der Waals surface area contributed by atoms with E-state index in [0.717, 1.165) is 29.1 Å². The highest BCUT2D eigenvalue weighted by molar-refractivity contribution is 9.10. The number of phenols is 1. The zero-order valence-electron chi connectivity index (χ0n) is 11.3. The quantitative estimate of drug-likeness (QED) is 0.877. The van der Waals surface area contributed by atoms with Crippen LogP contribution in [0.25, 0.3) is 11.5 Å². The van der Waals surface area contributed by atoms with Crippen LogP contribution in [0.3, 0.4) is 0 Å². The predicted molar refractivity (Wildman–Crippen MR) is 79.5 cm³/mol. The second-order valence-corrected chi connectivity index (χ2v) is 6.50. The Bertz CT molecular complexity index is 612. The van der Waals surface area contributed by atoms with Crippen LogP contribution in [0.2, 0.25) is 0 Å². The molecule has 20 heavy (non-hydrogen) atoms. The molecule has 1 aliphatic rings. The number of aromatic hydroxyl groups is 1. The summed E-state index contributed by atoms with van der Waals surface area (Å²) in [6.45, 7) is 2.27. The fourth-order valence-corrected chi connectivity index (χ4v) is 3.21.